The number of sulfonamides is 1. The monoisotopic (exact) mass is 478 g/mol. The van der Waals surface area contributed by atoms with Crippen LogP contribution < -0.4 is 10.2 Å². The highest BCUT2D eigenvalue weighted by Gasteiger charge is 2.30. The van der Waals surface area contributed by atoms with Gasteiger partial charge >= 0.3 is 0 Å². The lowest BCUT2D eigenvalue weighted by Crippen LogP contribution is -2.49. The minimum absolute atomic E-state index is 0.0755. The third-order valence-electron chi connectivity index (χ3n) is 6.61. The first-order chi connectivity index (χ1) is 16.3. The minimum Gasteiger partial charge on any atom is -0.354 e. The van der Waals surface area contributed by atoms with E-state index in [1.54, 1.807) is 12.1 Å². The summed E-state index contributed by atoms with van der Waals surface area (Å²) >= 11 is 0. The van der Waals surface area contributed by atoms with Gasteiger partial charge in [0.25, 0.3) is 5.91 Å². The van der Waals surface area contributed by atoms with Crippen LogP contribution in [-0.2, 0) is 10.0 Å². The number of carbonyl (C=O) groups is 1. The number of para-hydroxylation sites is 1. The highest BCUT2D eigenvalue weighted by molar-refractivity contribution is 7.89. The molecule has 0 atom stereocenters. The van der Waals surface area contributed by atoms with Gasteiger partial charge in [0, 0.05) is 37.6 Å². The first kappa shape index (κ1) is 22.8. The maximum absolute atomic E-state index is 13.2. The third-order valence-corrected chi connectivity index (χ3v) is 8.52. The number of nitrogens with one attached hydrogen (secondary N) is 1. The van der Waals surface area contributed by atoms with Crippen molar-refractivity contribution in [2.45, 2.75) is 43.5 Å². The fourth-order valence-electron chi connectivity index (χ4n) is 4.33. The Labute approximate surface area is 200 Å². The minimum atomic E-state index is -3.55. The molecular formula is C26H30N4O3S. The highest BCUT2D eigenvalue weighted by Crippen LogP contribution is 2.27. The molecule has 0 unspecified atom stereocenters. The third kappa shape index (κ3) is 4.52. The predicted octanol–water partition coefficient (Wildman–Crippen LogP) is 3.76. The number of benzene rings is 2. The maximum Gasteiger partial charge on any atom is 0.252 e. The van der Waals surface area contributed by atoms with Crippen LogP contribution in [-0.4, -0.2) is 55.8 Å². The van der Waals surface area contributed by atoms with E-state index in [0.29, 0.717) is 48.4 Å². The molecule has 0 bridgehead atoms. The number of rotatable bonds is 6. The number of pyridine rings is 1. The van der Waals surface area contributed by atoms with E-state index in [2.05, 4.69) is 24.1 Å². The number of anilines is 1. The highest BCUT2D eigenvalue weighted by atomic mass is 32.2. The summed E-state index contributed by atoms with van der Waals surface area (Å²) in [5, 5.41) is 3.90. The number of aromatic nitrogens is 1. The lowest BCUT2D eigenvalue weighted by atomic mass is 10.0. The van der Waals surface area contributed by atoms with E-state index in [1.165, 1.54) is 4.31 Å². The molecule has 1 saturated heterocycles. The SMILES string of the molecule is CC(C)c1ccc(S(=O)(=O)N2CCN(c3cc(C(=O)NC4CC4)c4ccccc4n3)CC2)cc1. The molecule has 1 saturated carbocycles. The normalized spacial score (nSPS) is 17.3. The molecule has 1 aliphatic carbocycles. The fourth-order valence-corrected chi connectivity index (χ4v) is 5.76. The Morgan fingerprint density at radius 3 is 2.32 bits per heavy atom. The average Bonchev–Trinajstić information content (AvgIpc) is 3.67. The Bertz CT molecular complexity index is 1310. The zero-order valence-electron chi connectivity index (χ0n) is 19.6. The van der Waals surface area contributed by atoms with E-state index in [9.17, 15) is 13.2 Å². The van der Waals surface area contributed by atoms with Crippen molar-refractivity contribution in [3.05, 3.63) is 65.7 Å². The quantitative estimate of drug-likeness (QED) is 0.583. The molecule has 5 rings (SSSR count). The lowest BCUT2D eigenvalue weighted by molar-refractivity contribution is 0.0952. The smallest absolute Gasteiger partial charge is 0.252 e. The van der Waals surface area contributed by atoms with E-state index < -0.39 is 10.0 Å². The van der Waals surface area contributed by atoms with Crippen molar-refractivity contribution in [2.75, 3.05) is 31.1 Å². The molecule has 178 valence electrons. The molecule has 1 aliphatic heterocycles. The van der Waals surface area contributed by atoms with Crippen LogP contribution in [0.2, 0.25) is 0 Å². The first-order valence-corrected chi connectivity index (χ1v) is 13.3. The zero-order chi connectivity index (χ0) is 23.9. The predicted molar refractivity (Wildman–Crippen MR) is 134 cm³/mol. The molecule has 1 amide bonds. The van der Waals surface area contributed by atoms with Gasteiger partial charge in [-0.3, -0.25) is 4.79 Å². The van der Waals surface area contributed by atoms with Crippen molar-refractivity contribution in [2.24, 2.45) is 0 Å². The second-order valence-corrected chi connectivity index (χ2v) is 11.3. The number of nitrogens with zero attached hydrogens (tertiary/aromatic N) is 3. The van der Waals surface area contributed by atoms with Crippen LogP contribution in [0.5, 0.6) is 0 Å². The van der Waals surface area contributed by atoms with Crippen LogP contribution in [0, 0.1) is 0 Å². The van der Waals surface area contributed by atoms with Crippen LogP contribution >= 0.6 is 0 Å². The van der Waals surface area contributed by atoms with E-state index in [-0.39, 0.29) is 11.9 Å². The molecule has 34 heavy (non-hydrogen) atoms. The molecule has 7 nitrogen and oxygen atoms in total. The van der Waals surface area contributed by atoms with Gasteiger partial charge in [0.1, 0.15) is 5.82 Å². The number of amides is 1. The van der Waals surface area contributed by atoms with Crippen molar-refractivity contribution in [3.8, 4) is 0 Å². The lowest BCUT2D eigenvalue weighted by Gasteiger charge is -2.35. The van der Waals surface area contributed by atoms with E-state index in [0.717, 1.165) is 29.3 Å². The Balaban J connectivity index is 1.35. The van der Waals surface area contributed by atoms with Crippen molar-refractivity contribution >= 4 is 32.7 Å². The van der Waals surface area contributed by atoms with Gasteiger partial charge in [0.15, 0.2) is 0 Å². The molecule has 1 aromatic heterocycles. The Kier molecular flexibility index (Phi) is 6.04. The summed E-state index contributed by atoms with van der Waals surface area (Å²) in [6.07, 6.45) is 2.05. The summed E-state index contributed by atoms with van der Waals surface area (Å²) < 4.78 is 27.9. The van der Waals surface area contributed by atoms with Crippen LogP contribution in [0.1, 0.15) is 48.5 Å². The number of carbonyl (C=O) groups excluding carboxylic acids is 1. The van der Waals surface area contributed by atoms with Crippen LogP contribution in [0.25, 0.3) is 10.9 Å². The first-order valence-electron chi connectivity index (χ1n) is 11.9. The van der Waals surface area contributed by atoms with Crippen LogP contribution in [0.15, 0.2) is 59.5 Å². The molecule has 2 fully saturated rings. The summed E-state index contributed by atoms with van der Waals surface area (Å²) in [5.74, 6) is 0.984. The molecule has 2 aliphatic rings. The summed E-state index contributed by atoms with van der Waals surface area (Å²) in [7, 11) is -3.55. The second kappa shape index (κ2) is 9.00. The van der Waals surface area contributed by atoms with E-state index in [1.807, 2.05) is 42.5 Å². The topological polar surface area (TPSA) is 82.6 Å². The van der Waals surface area contributed by atoms with Gasteiger partial charge in [-0.25, -0.2) is 13.4 Å². The number of hydrogen-bond acceptors (Lipinski definition) is 5. The van der Waals surface area contributed by atoms with E-state index >= 15 is 0 Å². The molecular weight excluding hydrogens is 448 g/mol. The summed E-state index contributed by atoms with van der Waals surface area (Å²) in [4.78, 5) is 20.1. The average molecular weight is 479 g/mol. The van der Waals surface area contributed by atoms with Crippen molar-refractivity contribution in [3.63, 3.8) is 0 Å². The Morgan fingerprint density at radius 2 is 1.68 bits per heavy atom. The fraction of sp³-hybridized carbons (Fsp3) is 0.385. The largest absolute Gasteiger partial charge is 0.354 e. The Hall–Kier alpha value is -2.97. The maximum atomic E-state index is 13.2. The molecule has 0 radical (unpaired) electrons. The van der Waals surface area contributed by atoms with Gasteiger partial charge in [0.2, 0.25) is 10.0 Å². The molecule has 2 aromatic carbocycles. The van der Waals surface area contributed by atoms with Gasteiger partial charge in [-0.15, -0.1) is 0 Å². The molecule has 1 N–H and O–H groups in total. The summed E-state index contributed by atoms with van der Waals surface area (Å²) in [6.45, 7) is 5.94. The van der Waals surface area contributed by atoms with Crippen molar-refractivity contribution < 1.29 is 13.2 Å². The van der Waals surface area contributed by atoms with Crippen molar-refractivity contribution in [1.29, 1.82) is 0 Å². The molecule has 3 aromatic rings. The molecule has 2 heterocycles. The standard InChI is InChI=1S/C26H30N4O3S/c1-18(2)19-7-11-21(12-8-19)34(32,33)30-15-13-29(14-16-30)25-17-23(26(31)27-20-9-10-20)22-5-3-4-6-24(22)28-25/h3-8,11-12,17-18,20H,9-10,13-16H2,1-2H3,(H,27,31). The van der Waals surface area contributed by atoms with Gasteiger partial charge in [-0.05, 0) is 48.6 Å². The number of piperazine rings is 1. The summed E-state index contributed by atoms with van der Waals surface area (Å²) in [5.41, 5.74) is 2.50. The second-order valence-electron chi connectivity index (χ2n) is 9.41. The van der Waals surface area contributed by atoms with Gasteiger partial charge in [0.05, 0.1) is 16.0 Å². The summed E-state index contributed by atoms with van der Waals surface area (Å²) in [6, 6.07) is 16.9. The molecule has 8 heteroatoms. The van der Waals surface area contributed by atoms with Crippen molar-refractivity contribution in [1.82, 2.24) is 14.6 Å². The number of hydrogen-bond donors (Lipinski definition) is 1. The zero-order valence-corrected chi connectivity index (χ0v) is 20.4. The van der Waals surface area contributed by atoms with Gasteiger partial charge in [-0.2, -0.15) is 4.31 Å². The van der Waals surface area contributed by atoms with Crippen LogP contribution in [0.3, 0.4) is 0 Å². The van der Waals surface area contributed by atoms with Gasteiger partial charge in [-0.1, -0.05) is 44.2 Å². The van der Waals surface area contributed by atoms with Crippen LogP contribution in [0.4, 0.5) is 5.82 Å². The van der Waals surface area contributed by atoms with E-state index in [4.69, 9.17) is 4.98 Å². The molecule has 0 spiro atoms. The number of fused-ring (bicyclic) bond motifs is 1. The van der Waals surface area contributed by atoms with Gasteiger partial charge < -0.3 is 10.2 Å². The Morgan fingerprint density at radius 1 is 1.00 bits per heavy atom.